The van der Waals surface area contributed by atoms with E-state index in [2.05, 4.69) is 9.97 Å². The second kappa shape index (κ2) is 5.67. The highest BCUT2D eigenvalue weighted by atomic mass is 35.5. The lowest BCUT2D eigenvalue weighted by Gasteiger charge is -2.06. The van der Waals surface area contributed by atoms with Crippen molar-refractivity contribution in [2.45, 2.75) is 13.5 Å². The lowest BCUT2D eigenvalue weighted by molar-refractivity contribution is 0.0695. The number of aryl methyl sites for hydroxylation is 1. The average Bonchev–Trinajstić information content (AvgIpc) is 2.37. The van der Waals surface area contributed by atoms with Crippen molar-refractivity contribution in [3.63, 3.8) is 0 Å². The van der Waals surface area contributed by atoms with E-state index in [4.69, 9.17) is 21.4 Å². The molecule has 98 valence electrons. The predicted octanol–water partition coefficient (Wildman–Crippen LogP) is 2.72. The van der Waals surface area contributed by atoms with Gasteiger partial charge in [-0.15, -0.1) is 0 Å². The highest BCUT2D eigenvalue weighted by Gasteiger charge is 2.10. The van der Waals surface area contributed by atoms with E-state index >= 15 is 0 Å². The quantitative estimate of drug-likeness (QED) is 0.931. The molecule has 0 spiro atoms. The first-order valence-corrected chi connectivity index (χ1v) is 5.88. The van der Waals surface area contributed by atoms with Crippen molar-refractivity contribution in [1.82, 2.24) is 9.97 Å². The van der Waals surface area contributed by atoms with E-state index in [9.17, 15) is 4.79 Å². The maximum Gasteiger partial charge on any atom is 0.339 e. The van der Waals surface area contributed by atoms with Crippen LogP contribution in [0.3, 0.4) is 0 Å². The smallest absolute Gasteiger partial charge is 0.339 e. The van der Waals surface area contributed by atoms with Gasteiger partial charge in [-0.3, -0.25) is 0 Å². The largest absolute Gasteiger partial charge is 0.486 e. The van der Waals surface area contributed by atoms with Crippen LogP contribution in [0.1, 0.15) is 21.9 Å². The number of hydrogen-bond acceptors (Lipinski definition) is 4. The number of carboxylic acids is 1. The molecule has 1 N–H and O–H groups in total. The Balaban J connectivity index is 2.06. The molecule has 6 heteroatoms. The molecule has 5 nitrogen and oxygen atoms in total. The predicted molar refractivity (Wildman–Crippen MR) is 69.5 cm³/mol. The monoisotopic (exact) mass is 278 g/mol. The van der Waals surface area contributed by atoms with Gasteiger partial charge in [0.05, 0.1) is 11.3 Å². The van der Waals surface area contributed by atoms with Crippen LogP contribution < -0.4 is 4.74 Å². The second-order valence-electron chi connectivity index (χ2n) is 3.83. The summed E-state index contributed by atoms with van der Waals surface area (Å²) in [6.07, 6.45) is 1.28. The highest BCUT2D eigenvalue weighted by Crippen LogP contribution is 2.16. The standard InChI is InChI=1S/C13H11ClN2O3/c1-8-11(13(17)18)6-15-12(16-8)7-19-10-4-2-9(14)3-5-10/h2-6H,7H2,1H3,(H,17,18). The Morgan fingerprint density at radius 1 is 1.37 bits per heavy atom. The van der Waals surface area contributed by atoms with Gasteiger partial charge < -0.3 is 9.84 Å². The Morgan fingerprint density at radius 2 is 2.05 bits per heavy atom. The summed E-state index contributed by atoms with van der Waals surface area (Å²) >= 11 is 5.76. The molecule has 1 heterocycles. The number of carboxylic acid groups (broad SMARTS) is 1. The van der Waals surface area contributed by atoms with Crippen molar-refractivity contribution in [3.05, 3.63) is 52.6 Å². The minimum atomic E-state index is -1.04. The van der Waals surface area contributed by atoms with Crippen LogP contribution in [0.15, 0.2) is 30.5 Å². The number of halogens is 1. The van der Waals surface area contributed by atoms with Gasteiger partial charge in [0.1, 0.15) is 12.4 Å². The van der Waals surface area contributed by atoms with E-state index in [-0.39, 0.29) is 12.2 Å². The highest BCUT2D eigenvalue weighted by molar-refractivity contribution is 6.30. The van der Waals surface area contributed by atoms with Crippen LogP contribution in [0.4, 0.5) is 0 Å². The summed E-state index contributed by atoms with van der Waals surface area (Å²) in [6.45, 7) is 1.79. The Morgan fingerprint density at radius 3 is 2.63 bits per heavy atom. The van der Waals surface area contributed by atoms with Gasteiger partial charge in [-0.25, -0.2) is 14.8 Å². The van der Waals surface area contributed by atoms with Gasteiger partial charge in [-0.1, -0.05) is 11.6 Å². The van der Waals surface area contributed by atoms with Gasteiger partial charge in [0.15, 0.2) is 5.82 Å². The van der Waals surface area contributed by atoms with Crippen molar-refractivity contribution in [2.24, 2.45) is 0 Å². The van der Waals surface area contributed by atoms with Crippen LogP contribution in [0.5, 0.6) is 5.75 Å². The van der Waals surface area contributed by atoms with Gasteiger partial charge in [0, 0.05) is 11.2 Å². The Labute approximate surface area is 114 Å². The molecule has 0 atom stereocenters. The van der Waals surface area contributed by atoms with Crippen molar-refractivity contribution in [2.75, 3.05) is 0 Å². The molecule has 0 aliphatic rings. The van der Waals surface area contributed by atoms with Crippen LogP contribution in [-0.4, -0.2) is 21.0 Å². The number of hydrogen-bond donors (Lipinski definition) is 1. The van der Waals surface area contributed by atoms with Crippen molar-refractivity contribution in [1.29, 1.82) is 0 Å². The van der Waals surface area contributed by atoms with Gasteiger partial charge in [-0.2, -0.15) is 0 Å². The number of aromatic carboxylic acids is 1. The number of nitrogens with zero attached hydrogens (tertiary/aromatic N) is 2. The topological polar surface area (TPSA) is 72.3 Å². The summed E-state index contributed by atoms with van der Waals surface area (Å²) in [6, 6.07) is 6.91. The lowest BCUT2D eigenvalue weighted by atomic mass is 10.2. The van der Waals surface area contributed by atoms with Crippen LogP contribution in [0.2, 0.25) is 5.02 Å². The fourth-order valence-corrected chi connectivity index (χ4v) is 1.60. The first kappa shape index (κ1) is 13.3. The molecular weight excluding hydrogens is 268 g/mol. The maximum atomic E-state index is 10.8. The summed E-state index contributed by atoms with van der Waals surface area (Å²) in [4.78, 5) is 18.9. The van der Waals surface area contributed by atoms with Crippen LogP contribution in [0, 0.1) is 6.92 Å². The molecule has 1 aromatic carbocycles. The zero-order valence-corrected chi connectivity index (χ0v) is 10.9. The zero-order chi connectivity index (χ0) is 13.8. The van der Waals surface area contributed by atoms with Crippen LogP contribution >= 0.6 is 11.6 Å². The maximum absolute atomic E-state index is 10.8. The van der Waals surface area contributed by atoms with E-state index in [0.717, 1.165) is 0 Å². The number of carbonyl (C=O) groups is 1. The molecule has 0 unspecified atom stereocenters. The van der Waals surface area contributed by atoms with E-state index in [1.807, 2.05) is 0 Å². The molecule has 0 saturated heterocycles. The third kappa shape index (κ3) is 3.42. The molecule has 19 heavy (non-hydrogen) atoms. The molecule has 0 fully saturated rings. The molecule has 2 aromatic rings. The fourth-order valence-electron chi connectivity index (χ4n) is 1.47. The minimum absolute atomic E-state index is 0.0928. The van der Waals surface area contributed by atoms with E-state index < -0.39 is 5.97 Å². The van der Waals surface area contributed by atoms with Crippen molar-refractivity contribution < 1.29 is 14.6 Å². The Kier molecular flexibility index (Phi) is 3.97. The zero-order valence-electron chi connectivity index (χ0n) is 10.1. The lowest BCUT2D eigenvalue weighted by Crippen LogP contribution is -2.08. The first-order valence-electron chi connectivity index (χ1n) is 5.50. The molecule has 0 amide bonds. The van der Waals surface area contributed by atoms with Crippen LogP contribution in [0.25, 0.3) is 0 Å². The molecular formula is C13H11ClN2O3. The fraction of sp³-hybridized carbons (Fsp3) is 0.154. The van der Waals surface area contributed by atoms with Gasteiger partial charge in [0.2, 0.25) is 0 Å². The summed E-state index contributed by atoms with van der Waals surface area (Å²) in [5, 5.41) is 9.50. The van der Waals surface area contributed by atoms with Crippen LogP contribution in [-0.2, 0) is 6.61 Å². The third-order valence-electron chi connectivity index (χ3n) is 2.44. The van der Waals surface area contributed by atoms with E-state index in [1.54, 1.807) is 31.2 Å². The summed E-state index contributed by atoms with van der Waals surface area (Å²) < 4.78 is 5.47. The SMILES string of the molecule is Cc1nc(COc2ccc(Cl)cc2)ncc1C(=O)O. The summed E-state index contributed by atoms with van der Waals surface area (Å²) in [5.74, 6) is 0.0353. The van der Waals surface area contributed by atoms with E-state index in [1.165, 1.54) is 6.20 Å². The van der Waals surface area contributed by atoms with Crippen molar-refractivity contribution >= 4 is 17.6 Å². The van der Waals surface area contributed by atoms with Crippen molar-refractivity contribution in [3.8, 4) is 5.75 Å². The molecule has 1 aromatic heterocycles. The Bertz CT molecular complexity index is 599. The minimum Gasteiger partial charge on any atom is -0.486 e. The molecule has 0 bridgehead atoms. The number of ether oxygens (including phenoxy) is 1. The second-order valence-corrected chi connectivity index (χ2v) is 4.27. The molecule has 0 saturated carbocycles. The van der Waals surface area contributed by atoms with Gasteiger partial charge in [0.25, 0.3) is 0 Å². The van der Waals surface area contributed by atoms with Gasteiger partial charge >= 0.3 is 5.97 Å². The number of benzene rings is 1. The number of aromatic nitrogens is 2. The molecule has 0 aliphatic heterocycles. The first-order chi connectivity index (χ1) is 9.06. The molecule has 0 radical (unpaired) electrons. The Hall–Kier alpha value is -2.14. The molecule has 0 aliphatic carbocycles. The summed E-state index contributed by atoms with van der Waals surface area (Å²) in [5.41, 5.74) is 0.507. The van der Waals surface area contributed by atoms with E-state index in [0.29, 0.717) is 22.3 Å². The summed E-state index contributed by atoms with van der Waals surface area (Å²) in [7, 11) is 0. The number of rotatable bonds is 4. The third-order valence-corrected chi connectivity index (χ3v) is 2.69. The molecule has 2 rings (SSSR count). The van der Waals surface area contributed by atoms with Gasteiger partial charge in [-0.05, 0) is 31.2 Å². The normalized spacial score (nSPS) is 10.2. The average molecular weight is 279 g/mol.